The van der Waals surface area contributed by atoms with Crippen LogP contribution in [0.4, 0.5) is 5.69 Å². The normalized spacial score (nSPS) is 10.5. The van der Waals surface area contributed by atoms with E-state index in [4.69, 9.17) is 10.5 Å². The van der Waals surface area contributed by atoms with E-state index in [1.807, 2.05) is 6.92 Å². The minimum absolute atomic E-state index is 0.214. The molecule has 2 rings (SSSR count). The van der Waals surface area contributed by atoms with Crippen LogP contribution in [0.3, 0.4) is 0 Å². The topological polar surface area (TPSA) is 90.2 Å². The number of rotatable bonds is 2. The number of nitrogens with two attached hydrogens (primary N) is 1. The molecule has 0 saturated carbocycles. The van der Waals surface area contributed by atoms with Gasteiger partial charge >= 0.3 is 5.97 Å². The van der Waals surface area contributed by atoms with Gasteiger partial charge in [-0.15, -0.1) is 0 Å². The SMILES string of the molecule is COC(=O)c1c(OC)cc2c(C)n[nH]c2c1N. The number of anilines is 1. The highest BCUT2D eigenvalue weighted by Gasteiger charge is 2.21. The summed E-state index contributed by atoms with van der Waals surface area (Å²) in [6.45, 7) is 1.84. The number of nitrogens with zero attached hydrogens (tertiary/aromatic N) is 1. The second-order valence-electron chi connectivity index (χ2n) is 3.59. The van der Waals surface area contributed by atoms with E-state index in [0.29, 0.717) is 11.3 Å². The number of fused-ring (bicyclic) bond motifs is 1. The molecule has 6 nitrogen and oxygen atoms in total. The maximum absolute atomic E-state index is 11.6. The van der Waals surface area contributed by atoms with E-state index < -0.39 is 5.97 Å². The lowest BCUT2D eigenvalue weighted by molar-refractivity contribution is 0.0598. The Morgan fingerprint density at radius 3 is 2.76 bits per heavy atom. The summed E-state index contributed by atoms with van der Waals surface area (Å²) in [7, 11) is 2.77. The van der Waals surface area contributed by atoms with Crippen molar-refractivity contribution in [1.29, 1.82) is 0 Å². The first-order chi connectivity index (χ1) is 8.10. The van der Waals surface area contributed by atoms with Crippen molar-refractivity contribution in [3.8, 4) is 5.75 Å². The molecule has 0 unspecified atom stereocenters. The van der Waals surface area contributed by atoms with E-state index in [1.54, 1.807) is 6.07 Å². The van der Waals surface area contributed by atoms with Crippen LogP contribution in [0.1, 0.15) is 16.1 Å². The first-order valence-electron chi connectivity index (χ1n) is 4.99. The molecule has 6 heteroatoms. The number of esters is 1. The molecule has 0 saturated heterocycles. The zero-order valence-electron chi connectivity index (χ0n) is 9.83. The number of aromatic amines is 1. The lowest BCUT2D eigenvalue weighted by Gasteiger charge is -2.10. The van der Waals surface area contributed by atoms with E-state index >= 15 is 0 Å². The zero-order valence-corrected chi connectivity index (χ0v) is 9.83. The van der Waals surface area contributed by atoms with Gasteiger partial charge in [-0.05, 0) is 13.0 Å². The van der Waals surface area contributed by atoms with Crippen LogP contribution in [0.15, 0.2) is 6.07 Å². The van der Waals surface area contributed by atoms with Crippen molar-refractivity contribution in [2.75, 3.05) is 20.0 Å². The second kappa shape index (κ2) is 3.97. The van der Waals surface area contributed by atoms with Gasteiger partial charge in [0, 0.05) is 5.39 Å². The molecule has 1 heterocycles. The highest BCUT2D eigenvalue weighted by atomic mass is 16.5. The minimum atomic E-state index is -0.534. The van der Waals surface area contributed by atoms with Crippen molar-refractivity contribution < 1.29 is 14.3 Å². The number of benzene rings is 1. The molecular weight excluding hydrogens is 222 g/mol. The van der Waals surface area contributed by atoms with Gasteiger partial charge in [0.1, 0.15) is 11.3 Å². The van der Waals surface area contributed by atoms with E-state index in [-0.39, 0.29) is 11.3 Å². The third-order valence-corrected chi connectivity index (χ3v) is 2.66. The molecule has 0 fully saturated rings. The highest BCUT2D eigenvalue weighted by Crippen LogP contribution is 2.33. The summed E-state index contributed by atoms with van der Waals surface area (Å²) in [5.41, 5.74) is 7.84. The Labute approximate surface area is 97.7 Å². The predicted octanol–water partition coefficient (Wildman–Crippen LogP) is 1.25. The molecule has 0 bridgehead atoms. The van der Waals surface area contributed by atoms with Crippen molar-refractivity contribution >= 4 is 22.6 Å². The summed E-state index contributed by atoms with van der Waals surface area (Å²) >= 11 is 0. The quantitative estimate of drug-likeness (QED) is 0.604. The summed E-state index contributed by atoms with van der Waals surface area (Å²) in [6, 6.07) is 1.72. The lowest BCUT2D eigenvalue weighted by atomic mass is 10.1. The molecule has 2 aromatic rings. The van der Waals surface area contributed by atoms with Gasteiger partial charge in [0.2, 0.25) is 0 Å². The van der Waals surface area contributed by atoms with Crippen LogP contribution in [0.25, 0.3) is 10.9 Å². The maximum Gasteiger partial charge on any atom is 0.343 e. The van der Waals surface area contributed by atoms with Gasteiger partial charge in [0.05, 0.1) is 31.1 Å². The Balaban J connectivity index is 2.82. The number of hydrogen-bond acceptors (Lipinski definition) is 5. The van der Waals surface area contributed by atoms with Gasteiger partial charge in [-0.25, -0.2) is 4.79 Å². The van der Waals surface area contributed by atoms with Crippen LogP contribution >= 0.6 is 0 Å². The number of nitrogens with one attached hydrogen (secondary N) is 1. The molecule has 17 heavy (non-hydrogen) atoms. The third kappa shape index (κ3) is 1.57. The first kappa shape index (κ1) is 11.3. The number of ether oxygens (including phenoxy) is 2. The molecule has 0 spiro atoms. The van der Waals surface area contributed by atoms with Crippen molar-refractivity contribution in [3.05, 3.63) is 17.3 Å². The van der Waals surface area contributed by atoms with E-state index in [0.717, 1.165) is 11.1 Å². The Morgan fingerprint density at radius 1 is 1.47 bits per heavy atom. The van der Waals surface area contributed by atoms with E-state index in [9.17, 15) is 4.79 Å². The number of carbonyl (C=O) groups excluding carboxylic acids is 1. The smallest absolute Gasteiger partial charge is 0.343 e. The van der Waals surface area contributed by atoms with Crippen molar-refractivity contribution in [2.24, 2.45) is 0 Å². The Bertz CT molecular complexity index is 589. The Morgan fingerprint density at radius 2 is 2.18 bits per heavy atom. The van der Waals surface area contributed by atoms with Crippen LogP contribution < -0.4 is 10.5 Å². The van der Waals surface area contributed by atoms with Crippen molar-refractivity contribution in [1.82, 2.24) is 10.2 Å². The average Bonchev–Trinajstić information content (AvgIpc) is 2.70. The number of hydrogen-bond donors (Lipinski definition) is 2. The van der Waals surface area contributed by atoms with E-state index in [2.05, 4.69) is 14.9 Å². The first-order valence-corrected chi connectivity index (χ1v) is 4.99. The summed E-state index contributed by atoms with van der Waals surface area (Å²) in [5.74, 6) is -0.153. The van der Waals surface area contributed by atoms with Crippen molar-refractivity contribution in [2.45, 2.75) is 6.92 Å². The Kier molecular flexibility index (Phi) is 2.63. The van der Waals surface area contributed by atoms with Gasteiger partial charge in [0.15, 0.2) is 0 Å². The van der Waals surface area contributed by atoms with Crippen LogP contribution in [-0.2, 0) is 4.74 Å². The number of methoxy groups -OCH3 is 2. The van der Waals surface area contributed by atoms with Gasteiger partial charge in [-0.2, -0.15) is 5.10 Å². The number of H-pyrrole nitrogens is 1. The fourth-order valence-corrected chi connectivity index (χ4v) is 1.76. The van der Waals surface area contributed by atoms with Crippen LogP contribution in [-0.4, -0.2) is 30.4 Å². The highest BCUT2D eigenvalue weighted by molar-refractivity contribution is 6.07. The average molecular weight is 235 g/mol. The third-order valence-electron chi connectivity index (χ3n) is 2.66. The molecule has 0 atom stereocenters. The predicted molar refractivity (Wildman–Crippen MR) is 63.1 cm³/mol. The molecule has 0 radical (unpaired) electrons. The number of aromatic nitrogens is 2. The van der Waals surface area contributed by atoms with Crippen molar-refractivity contribution in [3.63, 3.8) is 0 Å². The monoisotopic (exact) mass is 235 g/mol. The molecule has 1 aromatic carbocycles. The molecule has 0 aliphatic heterocycles. The molecular formula is C11H13N3O3. The van der Waals surface area contributed by atoms with Crippen LogP contribution in [0.2, 0.25) is 0 Å². The minimum Gasteiger partial charge on any atom is -0.496 e. The molecule has 1 aromatic heterocycles. The largest absolute Gasteiger partial charge is 0.496 e. The summed E-state index contributed by atoms with van der Waals surface area (Å²) < 4.78 is 9.84. The van der Waals surface area contributed by atoms with Gasteiger partial charge in [-0.1, -0.05) is 0 Å². The summed E-state index contributed by atoms with van der Waals surface area (Å²) in [5, 5.41) is 7.66. The van der Waals surface area contributed by atoms with Crippen LogP contribution in [0, 0.1) is 6.92 Å². The molecule has 90 valence electrons. The fraction of sp³-hybridized carbons (Fsp3) is 0.273. The molecule has 0 aliphatic carbocycles. The molecule has 3 N–H and O–H groups in total. The van der Waals surface area contributed by atoms with Crippen LogP contribution in [0.5, 0.6) is 5.75 Å². The standard InChI is InChI=1S/C11H13N3O3/c1-5-6-4-7(16-2)8(11(15)17-3)9(12)10(6)14-13-5/h4H,12H2,1-3H3,(H,13,14). The number of aryl methyl sites for hydroxylation is 1. The fourth-order valence-electron chi connectivity index (χ4n) is 1.76. The molecule has 0 aliphatic rings. The zero-order chi connectivity index (χ0) is 12.6. The summed E-state index contributed by atoms with van der Waals surface area (Å²) in [6.07, 6.45) is 0. The summed E-state index contributed by atoms with van der Waals surface area (Å²) in [4.78, 5) is 11.6. The number of carbonyl (C=O) groups is 1. The van der Waals surface area contributed by atoms with Gasteiger partial charge in [0.25, 0.3) is 0 Å². The number of nitrogen functional groups attached to an aromatic ring is 1. The van der Waals surface area contributed by atoms with Gasteiger partial charge < -0.3 is 15.2 Å². The van der Waals surface area contributed by atoms with Gasteiger partial charge in [-0.3, -0.25) is 5.10 Å². The Hall–Kier alpha value is -2.24. The second-order valence-corrected chi connectivity index (χ2v) is 3.59. The lowest BCUT2D eigenvalue weighted by Crippen LogP contribution is -2.08. The molecule has 0 amide bonds. The van der Waals surface area contributed by atoms with E-state index in [1.165, 1.54) is 14.2 Å². The maximum atomic E-state index is 11.6.